The van der Waals surface area contributed by atoms with E-state index in [1.165, 1.54) is 6.08 Å². The number of phenols is 1. The monoisotopic (exact) mass is 377 g/mol. The Morgan fingerprint density at radius 1 is 1.28 bits per heavy atom. The van der Waals surface area contributed by atoms with E-state index in [1.807, 2.05) is 0 Å². The highest BCUT2D eigenvalue weighted by atomic mass is 35.5. The van der Waals surface area contributed by atoms with Crippen molar-refractivity contribution < 1.29 is 14.8 Å². The maximum absolute atomic E-state index is 12.2. The number of hydrogen-bond donors (Lipinski definition) is 2. The Morgan fingerprint density at radius 3 is 2.44 bits per heavy atom. The fourth-order valence-electron chi connectivity index (χ4n) is 1.87. The first-order chi connectivity index (χ1) is 11.8. The van der Waals surface area contributed by atoms with Gasteiger partial charge < -0.3 is 10.4 Å². The first-order valence-electron chi connectivity index (χ1n) is 6.68. The van der Waals surface area contributed by atoms with E-state index < -0.39 is 16.6 Å². The van der Waals surface area contributed by atoms with Gasteiger partial charge in [-0.3, -0.25) is 14.9 Å². The molecule has 0 radical (unpaired) electrons. The minimum atomic E-state index is -0.831. The molecule has 0 unspecified atom stereocenters. The number of aromatic hydroxyl groups is 1. The average Bonchev–Trinajstić information content (AvgIpc) is 2.56. The summed E-state index contributed by atoms with van der Waals surface area (Å²) in [6.45, 7) is 0. The zero-order valence-corrected chi connectivity index (χ0v) is 13.9. The van der Waals surface area contributed by atoms with Crippen LogP contribution in [0.3, 0.4) is 0 Å². The standard InChI is InChI=1S/C16H9Cl2N3O4/c17-12-2-1-3-13(18)11(12)6-9(8-19)16(23)20-14-5-4-10(21(24)25)7-15(14)22/h1-7,22H,(H,20,23)/b9-6+. The highest BCUT2D eigenvalue weighted by molar-refractivity contribution is 6.37. The van der Waals surface area contributed by atoms with Crippen LogP contribution in [0.15, 0.2) is 42.0 Å². The van der Waals surface area contributed by atoms with Crippen LogP contribution in [-0.4, -0.2) is 15.9 Å². The molecule has 2 rings (SSSR count). The summed E-state index contributed by atoms with van der Waals surface area (Å²) in [7, 11) is 0. The van der Waals surface area contributed by atoms with E-state index in [-0.39, 0.29) is 27.0 Å². The first-order valence-corrected chi connectivity index (χ1v) is 7.43. The van der Waals surface area contributed by atoms with Crippen molar-refractivity contribution in [3.63, 3.8) is 0 Å². The van der Waals surface area contributed by atoms with Gasteiger partial charge in [0.25, 0.3) is 11.6 Å². The number of nitrogens with zero attached hydrogens (tertiary/aromatic N) is 2. The predicted molar refractivity (Wildman–Crippen MR) is 93.4 cm³/mol. The van der Waals surface area contributed by atoms with Crippen LogP contribution in [-0.2, 0) is 4.79 Å². The second kappa shape index (κ2) is 7.66. The van der Waals surface area contributed by atoms with Gasteiger partial charge in [0, 0.05) is 21.7 Å². The molecule has 0 spiro atoms. The summed E-state index contributed by atoms with van der Waals surface area (Å²) in [6.07, 6.45) is 1.21. The molecule has 7 nitrogen and oxygen atoms in total. The second-order valence-electron chi connectivity index (χ2n) is 4.72. The third-order valence-corrected chi connectivity index (χ3v) is 3.75. The Kier molecular flexibility index (Phi) is 5.60. The van der Waals surface area contributed by atoms with Gasteiger partial charge in [-0.2, -0.15) is 5.26 Å². The topological polar surface area (TPSA) is 116 Å². The molecule has 126 valence electrons. The van der Waals surface area contributed by atoms with Gasteiger partial charge in [-0.05, 0) is 24.3 Å². The number of amides is 1. The number of phenolic OH excluding ortho intramolecular Hbond substituents is 1. The van der Waals surface area contributed by atoms with Crippen molar-refractivity contribution in [1.29, 1.82) is 5.26 Å². The van der Waals surface area contributed by atoms with Crippen molar-refractivity contribution in [1.82, 2.24) is 0 Å². The highest BCUT2D eigenvalue weighted by Gasteiger charge is 2.16. The number of hydrogen-bond acceptors (Lipinski definition) is 5. The van der Waals surface area contributed by atoms with E-state index >= 15 is 0 Å². The largest absolute Gasteiger partial charge is 0.506 e. The zero-order valence-electron chi connectivity index (χ0n) is 12.4. The lowest BCUT2D eigenvalue weighted by Crippen LogP contribution is -2.13. The maximum atomic E-state index is 12.2. The van der Waals surface area contributed by atoms with Gasteiger partial charge >= 0.3 is 0 Å². The van der Waals surface area contributed by atoms with Crippen molar-refractivity contribution in [2.75, 3.05) is 5.32 Å². The van der Waals surface area contributed by atoms with Gasteiger partial charge in [-0.25, -0.2) is 0 Å². The maximum Gasteiger partial charge on any atom is 0.273 e. The van der Waals surface area contributed by atoms with Gasteiger partial charge in [0.1, 0.15) is 17.4 Å². The molecule has 2 aromatic rings. The van der Waals surface area contributed by atoms with Crippen LogP contribution < -0.4 is 5.32 Å². The number of halogens is 2. The molecule has 2 aromatic carbocycles. The smallest absolute Gasteiger partial charge is 0.273 e. The van der Waals surface area contributed by atoms with Crippen LogP contribution >= 0.6 is 23.2 Å². The average molecular weight is 378 g/mol. The Morgan fingerprint density at radius 2 is 1.92 bits per heavy atom. The van der Waals surface area contributed by atoms with Crippen LogP contribution in [0.1, 0.15) is 5.56 Å². The molecule has 0 aromatic heterocycles. The number of benzene rings is 2. The molecule has 0 heterocycles. The molecule has 1 amide bonds. The first kappa shape index (κ1) is 18.3. The Balaban J connectivity index is 2.31. The zero-order chi connectivity index (χ0) is 18.6. The van der Waals surface area contributed by atoms with E-state index in [0.29, 0.717) is 5.56 Å². The summed E-state index contributed by atoms with van der Waals surface area (Å²) in [5.74, 6) is -1.33. The van der Waals surface area contributed by atoms with E-state index in [2.05, 4.69) is 5.32 Å². The van der Waals surface area contributed by atoms with Crippen LogP contribution in [0.5, 0.6) is 5.75 Å². The summed E-state index contributed by atoms with van der Waals surface area (Å²) in [5.41, 5.74) is -0.436. The predicted octanol–water partition coefficient (Wildman–Crippen LogP) is 4.15. The van der Waals surface area contributed by atoms with Crippen LogP contribution in [0, 0.1) is 21.4 Å². The second-order valence-corrected chi connectivity index (χ2v) is 5.53. The third kappa shape index (κ3) is 4.26. The quantitative estimate of drug-likeness (QED) is 0.273. The number of carbonyl (C=O) groups is 1. The summed E-state index contributed by atoms with van der Waals surface area (Å²) >= 11 is 12.0. The van der Waals surface area contributed by atoms with Crippen molar-refractivity contribution >= 4 is 46.6 Å². The normalized spacial score (nSPS) is 10.8. The number of nitrogens with one attached hydrogen (secondary N) is 1. The van der Waals surface area contributed by atoms with E-state index in [4.69, 9.17) is 23.2 Å². The highest BCUT2D eigenvalue weighted by Crippen LogP contribution is 2.29. The summed E-state index contributed by atoms with van der Waals surface area (Å²) in [5, 5.41) is 32.4. The lowest BCUT2D eigenvalue weighted by molar-refractivity contribution is -0.384. The summed E-state index contributed by atoms with van der Waals surface area (Å²) in [4.78, 5) is 22.2. The number of rotatable bonds is 4. The van der Waals surface area contributed by atoms with E-state index in [9.17, 15) is 25.3 Å². The van der Waals surface area contributed by atoms with Crippen LogP contribution in [0.25, 0.3) is 6.08 Å². The fourth-order valence-corrected chi connectivity index (χ4v) is 2.38. The molecule has 0 aliphatic carbocycles. The van der Waals surface area contributed by atoms with Crippen LogP contribution in [0.2, 0.25) is 10.0 Å². The van der Waals surface area contributed by atoms with Gasteiger partial charge in [-0.1, -0.05) is 29.3 Å². The van der Waals surface area contributed by atoms with E-state index in [1.54, 1.807) is 24.3 Å². The lowest BCUT2D eigenvalue weighted by Gasteiger charge is -2.07. The minimum absolute atomic E-state index is 0.0815. The SMILES string of the molecule is N#C/C(=C\c1c(Cl)cccc1Cl)C(=O)Nc1ccc([N+](=O)[O-])cc1O. The van der Waals surface area contributed by atoms with Gasteiger partial charge in [0.15, 0.2) is 0 Å². The molecule has 0 aliphatic heterocycles. The number of anilines is 1. The van der Waals surface area contributed by atoms with Gasteiger partial charge in [0.2, 0.25) is 0 Å². The molecule has 25 heavy (non-hydrogen) atoms. The van der Waals surface area contributed by atoms with E-state index in [0.717, 1.165) is 18.2 Å². The molecule has 2 N–H and O–H groups in total. The Bertz CT molecular complexity index is 915. The Hall–Kier alpha value is -3.08. The minimum Gasteiger partial charge on any atom is -0.506 e. The summed E-state index contributed by atoms with van der Waals surface area (Å²) in [6, 6.07) is 9.58. The molecule has 0 saturated heterocycles. The molecule has 0 bridgehead atoms. The lowest BCUT2D eigenvalue weighted by atomic mass is 10.1. The fraction of sp³-hybridized carbons (Fsp3) is 0. The van der Waals surface area contributed by atoms with Crippen molar-refractivity contribution in [3.8, 4) is 11.8 Å². The molecule has 9 heteroatoms. The molecule has 0 fully saturated rings. The number of nitro benzene ring substituents is 1. The molecular weight excluding hydrogens is 369 g/mol. The Labute approximate surface area is 151 Å². The number of non-ortho nitro benzene ring substituents is 1. The summed E-state index contributed by atoms with van der Waals surface area (Å²) < 4.78 is 0. The molecule has 0 saturated carbocycles. The number of nitro groups is 1. The molecule has 0 atom stereocenters. The van der Waals surface area contributed by atoms with Crippen molar-refractivity contribution in [2.45, 2.75) is 0 Å². The molecule has 0 aliphatic rings. The van der Waals surface area contributed by atoms with Crippen LogP contribution in [0.4, 0.5) is 11.4 Å². The molecular formula is C16H9Cl2N3O4. The van der Waals surface area contributed by atoms with Gasteiger partial charge in [0.05, 0.1) is 16.7 Å². The third-order valence-electron chi connectivity index (χ3n) is 3.09. The van der Waals surface area contributed by atoms with Crippen molar-refractivity contribution in [2.24, 2.45) is 0 Å². The number of nitriles is 1. The number of carbonyl (C=O) groups excluding carboxylic acids is 1. The van der Waals surface area contributed by atoms with Crippen molar-refractivity contribution in [3.05, 3.63) is 67.7 Å². The van der Waals surface area contributed by atoms with Gasteiger partial charge in [-0.15, -0.1) is 0 Å².